The standard InChI is InChI=1S/C28H30BrN11O3S/c1-15(2)40-11-8-22-17(13-33-39(22)3)16-12-21(27(43-4)37-26(16)40)35-28-32-14-18(29)25(36-28)34-20-7-6-19-23(31-10-9-30-19)24(20)38-44(5,41)42/h6-7,9-10,12-15,38H,8,11H2,1-5H3,(H2,32,34,35,36). The number of hydrogen-bond acceptors (Lipinski definition) is 12. The second kappa shape index (κ2) is 11.5. The molecule has 0 bridgehead atoms. The summed E-state index contributed by atoms with van der Waals surface area (Å²) in [6.07, 6.45) is 8.40. The summed E-state index contributed by atoms with van der Waals surface area (Å²) in [7, 11) is -0.118. The molecule has 4 aromatic heterocycles. The van der Waals surface area contributed by atoms with Gasteiger partial charge < -0.3 is 20.3 Å². The molecule has 0 saturated heterocycles. The number of benzene rings is 1. The number of ether oxygens (including phenoxy) is 1. The van der Waals surface area contributed by atoms with Gasteiger partial charge in [0, 0.05) is 61.5 Å². The van der Waals surface area contributed by atoms with Gasteiger partial charge in [-0.05, 0) is 48.0 Å². The summed E-state index contributed by atoms with van der Waals surface area (Å²) in [5, 5.41) is 11.0. The van der Waals surface area contributed by atoms with E-state index in [0.717, 1.165) is 41.9 Å². The van der Waals surface area contributed by atoms with Crippen LogP contribution in [0.1, 0.15) is 19.5 Å². The number of hydrogen-bond donors (Lipinski definition) is 3. The molecule has 0 spiro atoms. The van der Waals surface area contributed by atoms with E-state index in [2.05, 4.69) is 75.1 Å². The van der Waals surface area contributed by atoms with Crippen molar-refractivity contribution in [3.05, 3.63) is 53.2 Å². The first kappa shape index (κ1) is 29.5. The molecule has 0 aliphatic carbocycles. The van der Waals surface area contributed by atoms with Crippen molar-refractivity contribution in [3.63, 3.8) is 0 Å². The van der Waals surface area contributed by atoms with Gasteiger partial charge in [0.25, 0.3) is 0 Å². The highest BCUT2D eigenvalue weighted by Gasteiger charge is 2.28. The summed E-state index contributed by atoms with van der Waals surface area (Å²) in [5.74, 6) is 1.84. The van der Waals surface area contributed by atoms with E-state index in [0.29, 0.717) is 38.6 Å². The van der Waals surface area contributed by atoms with Crippen LogP contribution in [0.5, 0.6) is 5.88 Å². The molecular weight excluding hydrogens is 650 g/mol. The summed E-state index contributed by atoms with van der Waals surface area (Å²) < 4.78 is 35.2. The minimum Gasteiger partial charge on any atom is -0.479 e. The molecule has 0 fully saturated rings. The average molecular weight is 681 g/mol. The van der Waals surface area contributed by atoms with E-state index in [9.17, 15) is 8.42 Å². The number of rotatable bonds is 8. The fourth-order valence-corrected chi connectivity index (χ4v) is 6.03. The van der Waals surface area contributed by atoms with Crippen LogP contribution in [0.3, 0.4) is 0 Å². The summed E-state index contributed by atoms with van der Waals surface area (Å²) in [6.45, 7) is 5.07. The highest BCUT2D eigenvalue weighted by molar-refractivity contribution is 9.10. The van der Waals surface area contributed by atoms with Crippen molar-refractivity contribution in [2.24, 2.45) is 7.05 Å². The molecule has 1 aliphatic rings. The van der Waals surface area contributed by atoms with Gasteiger partial charge in [-0.2, -0.15) is 15.1 Å². The fourth-order valence-electron chi connectivity index (χ4n) is 5.16. The van der Waals surface area contributed by atoms with E-state index in [1.54, 1.807) is 31.6 Å². The van der Waals surface area contributed by atoms with Crippen molar-refractivity contribution in [3.8, 4) is 17.0 Å². The van der Waals surface area contributed by atoms with E-state index >= 15 is 0 Å². The predicted molar refractivity (Wildman–Crippen MR) is 173 cm³/mol. The second-order valence-corrected chi connectivity index (χ2v) is 13.1. The van der Waals surface area contributed by atoms with Gasteiger partial charge in [0.15, 0.2) is 0 Å². The lowest BCUT2D eigenvalue weighted by Crippen LogP contribution is -2.33. The lowest BCUT2D eigenvalue weighted by Gasteiger charge is -2.28. The molecule has 0 amide bonds. The molecule has 0 unspecified atom stereocenters. The summed E-state index contributed by atoms with van der Waals surface area (Å²) in [6, 6.07) is 5.65. The van der Waals surface area contributed by atoms with Gasteiger partial charge in [-0.25, -0.2) is 13.4 Å². The average Bonchev–Trinajstić information content (AvgIpc) is 3.26. The zero-order valence-corrected chi connectivity index (χ0v) is 27.0. The number of halogens is 1. The molecule has 1 aromatic carbocycles. The first-order chi connectivity index (χ1) is 21.0. The Labute approximate surface area is 262 Å². The smallest absolute Gasteiger partial charge is 0.239 e. The van der Waals surface area contributed by atoms with Crippen molar-refractivity contribution in [2.45, 2.75) is 26.3 Å². The summed E-state index contributed by atoms with van der Waals surface area (Å²) >= 11 is 3.50. The van der Waals surface area contributed by atoms with E-state index < -0.39 is 10.0 Å². The van der Waals surface area contributed by atoms with Gasteiger partial charge in [-0.15, -0.1) is 0 Å². The largest absolute Gasteiger partial charge is 0.479 e. The Balaban J connectivity index is 1.40. The molecule has 0 atom stereocenters. The molecule has 6 rings (SSSR count). The van der Waals surface area contributed by atoms with E-state index in [-0.39, 0.29) is 17.7 Å². The van der Waals surface area contributed by atoms with Crippen molar-refractivity contribution < 1.29 is 13.2 Å². The molecule has 16 heteroatoms. The van der Waals surface area contributed by atoms with Crippen molar-refractivity contribution in [1.82, 2.24) is 34.7 Å². The number of sulfonamides is 1. The molecule has 5 aromatic rings. The van der Waals surface area contributed by atoms with Gasteiger partial charge in [-0.3, -0.25) is 19.4 Å². The second-order valence-electron chi connectivity index (χ2n) is 10.5. The minimum atomic E-state index is -3.63. The van der Waals surface area contributed by atoms with Gasteiger partial charge in [0.05, 0.1) is 40.9 Å². The Hall–Kier alpha value is -4.57. The Morgan fingerprint density at radius 2 is 1.82 bits per heavy atom. The number of aryl methyl sites for hydroxylation is 1. The maximum atomic E-state index is 12.2. The molecule has 3 N–H and O–H groups in total. The van der Waals surface area contributed by atoms with Crippen LogP contribution >= 0.6 is 15.9 Å². The van der Waals surface area contributed by atoms with Gasteiger partial charge in [-0.1, -0.05) is 0 Å². The number of nitrogens with one attached hydrogen (secondary N) is 3. The zero-order valence-electron chi connectivity index (χ0n) is 24.6. The fraction of sp³-hybridized carbons (Fsp3) is 0.286. The topological polar surface area (TPSA) is 165 Å². The van der Waals surface area contributed by atoms with Gasteiger partial charge in [0.2, 0.25) is 21.9 Å². The number of pyridine rings is 1. The first-order valence-corrected chi connectivity index (χ1v) is 16.4. The van der Waals surface area contributed by atoms with Crippen molar-refractivity contribution >= 4 is 71.6 Å². The third-order valence-electron chi connectivity index (χ3n) is 7.17. The number of aromatic nitrogens is 7. The lowest BCUT2D eigenvalue weighted by atomic mass is 10.1. The predicted octanol–water partition coefficient (Wildman–Crippen LogP) is 4.62. The number of nitrogens with zero attached hydrogens (tertiary/aromatic N) is 8. The van der Waals surface area contributed by atoms with Crippen LogP contribution in [0.15, 0.2) is 47.5 Å². The zero-order chi connectivity index (χ0) is 31.2. The quantitative estimate of drug-likeness (QED) is 0.209. The van der Waals surface area contributed by atoms with Crippen molar-refractivity contribution in [1.29, 1.82) is 0 Å². The Kier molecular flexibility index (Phi) is 7.71. The van der Waals surface area contributed by atoms with Crippen LogP contribution in [-0.4, -0.2) is 69.1 Å². The molecule has 1 aliphatic heterocycles. The number of methoxy groups -OCH3 is 1. The molecule has 14 nitrogen and oxygen atoms in total. The molecule has 5 heterocycles. The van der Waals surface area contributed by atoms with Crippen molar-refractivity contribution in [2.75, 3.05) is 40.2 Å². The molecular formula is C28H30BrN11O3S. The lowest BCUT2D eigenvalue weighted by molar-refractivity contribution is 0.400. The van der Waals surface area contributed by atoms with Crippen LogP contribution in [0, 0.1) is 0 Å². The maximum absolute atomic E-state index is 12.2. The van der Waals surface area contributed by atoms with Crippen LogP contribution in [-0.2, 0) is 23.5 Å². The first-order valence-electron chi connectivity index (χ1n) is 13.7. The third kappa shape index (κ3) is 5.69. The summed E-state index contributed by atoms with van der Waals surface area (Å²) in [5.41, 5.74) is 5.21. The van der Waals surface area contributed by atoms with E-state index in [4.69, 9.17) is 9.72 Å². The Bertz CT molecular complexity index is 2000. The van der Waals surface area contributed by atoms with Crippen LogP contribution in [0.4, 0.5) is 34.6 Å². The Morgan fingerprint density at radius 3 is 2.57 bits per heavy atom. The van der Waals surface area contributed by atoms with Gasteiger partial charge in [0.1, 0.15) is 22.8 Å². The monoisotopic (exact) mass is 679 g/mol. The molecule has 44 heavy (non-hydrogen) atoms. The SMILES string of the molecule is COc1nc2c(cc1Nc1ncc(Br)c(Nc3ccc4nccnc4c3NS(C)(=O)=O)n1)-c1cnn(C)c1CCN2C(C)C. The van der Waals surface area contributed by atoms with Gasteiger partial charge >= 0.3 is 0 Å². The highest BCUT2D eigenvalue weighted by Crippen LogP contribution is 2.41. The maximum Gasteiger partial charge on any atom is 0.239 e. The highest BCUT2D eigenvalue weighted by atomic mass is 79.9. The minimum absolute atomic E-state index is 0.221. The normalized spacial score (nSPS) is 12.9. The Morgan fingerprint density at radius 1 is 1.02 bits per heavy atom. The van der Waals surface area contributed by atoms with Crippen LogP contribution < -0.4 is 25.0 Å². The van der Waals surface area contributed by atoms with E-state index in [1.165, 1.54) is 6.20 Å². The number of anilines is 6. The molecule has 0 radical (unpaired) electrons. The van der Waals surface area contributed by atoms with Crippen LogP contribution in [0.2, 0.25) is 0 Å². The summed E-state index contributed by atoms with van der Waals surface area (Å²) in [4.78, 5) is 24.9. The number of fused-ring (bicyclic) bond motifs is 4. The molecule has 0 saturated carbocycles. The van der Waals surface area contributed by atoms with Crippen LogP contribution in [0.25, 0.3) is 22.2 Å². The van der Waals surface area contributed by atoms with E-state index in [1.807, 2.05) is 24.0 Å². The molecule has 228 valence electrons. The third-order valence-corrected chi connectivity index (χ3v) is 8.32.